The number of rotatable bonds is 1. The van der Waals surface area contributed by atoms with E-state index in [9.17, 15) is 4.39 Å². The van der Waals surface area contributed by atoms with Crippen molar-refractivity contribution < 1.29 is 4.39 Å². The zero-order chi connectivity index (χ0) is 9.97. The fourth-order valence-corrected chi connectivity index (χ4v) is 2.37. The molecule has 14 heavy (non-hydrogen) atoms. The summed E-state index contributed by atoms with van der Waals surface area (Å²) >= 11 is 1.92. The van der Waals surface area contributed by atoms with Gasteiger partial charge in [0.15, 0.2) is 0 Å². The molecule has 1 aromatic rings. The molecule has 1 saturated heterocycles. The number of anilines is 1. The molecule has 0 spiro atoms. The van der Waals surface area contributed by atoms with Crippen LogP contribution in [0.15, 0.2) is 6.07 Å². The first kappa shape index (κ1) is 9.71. The smallest absolute Gasteiger partial charge is 0.310 e. The summed E-state index contributed by atoms with van der Waals surface area (Å²) in [4.78, 5) is 9.52. The minimum absolute atomic E-state index is 0.627. The maximum Gasteiger partial charge on any atom is 0.310 e. The third kappa shape index (κ3) is 2.15. The van der Waals surface area contributed by atoms with E-state index in [0.717, 1.165) is 30.4 Å². The van der Waals surface area contributed by atoms with Crippen molar-refractivity contribution >= 4 is 17.6 Å². The van der Waals surface area contributed by atoms with Crippen LogP contribution in [0.2, 0.25) is 0 Å². The normalized spacial score (nSPS) is 17.1. The fourth-order valence-electron chi connectivity index (χ4n) is 1.47. The predicted molar refractivity (Wildman–Crippen MR) is 56.3 cm³/mol. The van der Waals surface area contributed by atoms with Gasteiger partial charge in [0, 0.05) is 36.4 Å². The lowest BCUT2D eigenvalue weighted by Crippen LogP contribution is -2.33. The average molecular weight is 213 g/mol. The first-order valence-electron chi connectivity index (χ1n) is 4.59. The maximum atomic E-state index is 12.9. The lowest BCUT2D eigenvalue weighted by atomic mass is 10.4. The number of hydrogen-bond donors (Lipinski definition) is 0. The van der Waals surface area contributed by atoms with Crippen LogP contribution < -0.4 is 4.90 Å². The van der Waals surface area contributed by atoms with Gasteiger partial charge in [-0.05, 0) is 6.92 Å². The molecule has 2 rings (SSSR count). The Kier molecular flexibility index (Phi) is 2.86. The Morgan fingerprint density at radius 2 is 2.07 bits per heavy atom. The van der Waals surface area contributed by atoms with Crippen LogP contribution >= 0.6 is 11.8 Å². The average Bonchev–Trinajstić information content (AvgIpc) is 2.18. The van der Waals surface area contributed by atoms with Gasteiger partial charge in [-0.25, -0.2) is 4.98 Å². The van der Waals surface area contributed by atoms with Crippen LogP contribution in [0.4, 0.5) is 10.2 Å². The molecule has 0 N–H and O–H groups in total. The van der Waals surface area contributed by atoms with Gasteiger partial charge >= 0.3 is 6.08 Å². The number of thioether (sulfide) groups is 1. The molecule has 0 aliphatic carbocycles. The summed E-state index contributed by atoms with van der Waals surface area (Å²) in [6, 6.07) is 1.83. The Labute approximate surface area is 86.7 Å². The summed E-state index contributed by atoms with van der Waals surface area (Å²) in [6.07, 6.45) is -0.627. The van der Waals surface area contributed by atoms with Gasteiger partial charge in [0.05, 0.1) is 0 Å². The van der Waals surface area contributed by atoms with E-state index in [2.05, 4.69) is 14.9 Å². The van der Waals surface area contributed by atoms with Crippen molar-refractivity contribution in [3.05, 3.63) is 17.8 Å². The van der Waals surface area contributed by atoms with Gasteiger partial charge in [0.25, 0.3) is 0 Å². The molecule has 1 aliphatic rings. The summed E-state index contributed by atoms with van der Waals surface area (Å²) < 4.78 is 12.9. The van der Waals surface area contributed by atoms with E-state index in [0.29, 0.717) is 5.69 Å². The first-order chi connectivity index (χ1) is 6.75. The van der Waals surface area contributed by atoms with E-state index >= 15 is 0 Å². The van der Waals surface area contributed by atoms with E-state index in [1.54, 1.807) is 6.92 Å². The third-order valence-corrected chi connectivity index (χ3v) is 3.09. The second-order valence-corrected chi connectivity index (χ2v) is 4.46. The van der Waals surface area contributed by atoms with Crippen LogP contribution in [0, 0.1) is 13.0 Å². The highest BCUT2D eigenvalue weighted by molar-refractivity contribution is 7.99. The quantitative estimate of drug-likeness (QED) is 0.661. The van der Waals surface area contributed by atoms with Crippen LogP contribution in [0.1, 0.15) is 5.69 Å². The Morgan fingerprint density at radius 1 is 1.36 bits per heavy atom. The third-order valence-electron chi connectivity index (χ3n) is 2.15. The molecule has 0 saturated carbocycles. The molecule has 1 aliphatic heterocycles. The summed E-state index contributed by atoms with van der Waals surface area (Å²) in [6.45, 7) is 3.67. The molecular weight excluding hydrogens is 201 g/mol. The summed E-state index contributed by atoms with van der Waals surface area (Å²) in [7, 11) is 0. The predicted octanol–water partition coefficient (Wildman–Crippen LogP) is 1.48. The number of nitrogens with zero attached hydrogens (tertiary/aromatic N) is 3. The standard InChI is InChI=1S/C9H12FN3S/c1-7-6-8(12-9(10)11-7)13-2-4-14-5-3-13/h6H,2-5H2,1H3. The molecule has 0 amide bonds. The van der Waals surface area contributed by atoms with E-state index in [1.165, 1.54) is 0 Å². The fraction of sp³-hybridized carbons (Fsp3) is 0.556. The van der Waals surface area contributed by atoms with Crippen molar-refractivity contribution in [2.75, 3.05) is 29.5 Å². The van der Waals surface area contributed by atoms with Gasteiger partial charge in [-0.15, -0.1) is 0 Å². The SMILES string of the molecule is Cc1cc(N2CCSCC2)nc(F)n1. The van der Waals surface area contributed by atoms with E-state index < -0.39 is 6.08 Å². The molecule has 0 radical (unpaired) electrons. The monoisotopic (exact) mass is 213 g/mol. The highest BCUT2D eigenvalue weighted by atomic mass is 32.2. The van der Waals surface area contributed by atoms with Crippen molar-refractivity contribution in [1.82, 2.24) is 9.97 Å². The second kappa shape index (κ2) is 4.13. The Hall–Kier alpha value is -0.840. The molecular formula is C9H12FN3S. The van der Waals surface area contributed by atoms with Crippen LogP contribution in [-0.2, 0) is 0 Å². The van der Waals surface area contributed by atoms with Crippen LogP contribution in [-0.4, -0.2) is 34.6 Å². The number of aryl methyl sites for hydroxylation is 1. The summed E-state index contributed by atoms with van der Waals surface area (Å²) in [5.74, 6) is 2.89. The highest BCUT2D eigenvalue weighted by Crippen LogP contribution is 2.17. The van der Waals surface area contributed by atoms with Gasteiger partial charge in [0.1, 0.15) is 5.82 Å². The minimum Gasteiger partial charge on any atom is -0.355 e. The number of aromatic nitrogens is 2. The van der Waals surface area contributed by atoms with Crippen LogP contribution in [0.25, 0.3) is 0 Å². The zero-order valence-corrected chi connectivity index (χ0v) is 8.85. The van der Waals surface area contributed by atoms with Crippen molar-refractivity contribution in [3.63, 3.8) is 0 Å². The Morgan fingerprint density at radius 3 is 2.71 bits per heavy atom. The molecule has 0 bridgehead atoms. The van der Waals surface area contributed by atoms with Crippen LogP contribution in [0.3, 0.4) is 0 Å². The molecule has 2 heterocycles. The molecule has 0 unspecified atom stereocenters. The molecule has 76 valence electrons. The molecule has 0 atom stereocenters. The molecule has 1 aromatic heterocycles. The van der Waals surface area contributed by atoms with Crippen molar-refractivity contribution in [3.8, 4) is 0 Å². The van der Waals surface area contributed by atoms with Gasteiger partial charge < -0.3 is 4.90 Å². The van der Waals surface area contributed by atoms with Gasteiger partial charge in [-0.2, -0.15) is 21.1 Å². The molecule has 3 nitrogen and oxygen atoms in total. The Balaban J connectivity index is 2.21. The van der Waals surface area contributed by atoms with Crippen molar-refractivity contribution in [2.24, 2.45) is 0 Å². The molecule has 1 fully saturated rings. The van der Waals surface area contributed by atoms with E-state index in [-0.39, 0.29) is 0 Å². The maximum absolute atomic E-state index is 12.9. The lowest BCUT2D eigenvalue weighted by Gasteiger charge is -2.27. The topological polar surface area (TPSA) is 29.0 Å². The van der Waals surface area contributed by atoms with Gasteiger partial charge in [-0.3, -0.25) is 0 Å². The number of halogens is 1. The van der Waals surface area contributed by atoms with E-state index in [4.69, 9.17) is 0 Å². The summed E-state index contributed by atoms with van der Waals surface area (Å²) in [5.41, 5.74) is 0.686. The van der Waals surface area contributed by atoms with Crippen molar-refractivity contribution in [1.29, 1.82) is 0 Å². The lowest BCUT2D eigenvalue weighted by molar-refractivity contribution is 0.533. The van der Waals surface area contributed by atoms with Gasteiger partial charge in [0.2, 0.25) is 0 Å². The Bertz CT molecular complexity index is 306. The first-order valence-corrected chi connectivity index (χ1v) is 5.75. The highest BCUT2D eigenvalue weighted by Gasteiger charge is 2.13. The largest absolute Gasteiger partial charge is 0.355 e. The number of hydrogen-bond acceptors (Lipinski definition) is 4. The zero-order valence-electron chi connectivity index (χ0n) is 8.03. The minimum atomic E-state index is -0.627. The second-order valence-electron chi connectivity index (χ2n) is 3.24. The molecule has 5 heteroatoms. The molecule has 0 aromatic carbocycles. The van der Waals surface area contributed by atoms with Crippen molar-refractivity contribution in [2.45, 2.75) is 6.92 Å². The summed E-state index contributed by atoms with van der Waals surface area (Å²) in [5, 5.41) is 0. The van der Waals surface area contributed by atoms with Gasteiger partial charge in [-0.1, -0.05) is 0 Å². The van der Waals surface area contributed by atoms with E-state index in [1.807, 2.05) is 17.8 Å². The van der Waals surface area contributed by atoms with Crippen LogP contribution in [0.5, 0.6) is 0 Å².